The second-order valence-electron chi connectivity index (χ2n) is 8.88. The number of carbonyl (C=O) groups is 2. The van der Waals surface area contributed by atoms with Gasteiger partial charge in [-0.3, -0.25) is 0 Å². The first kappa shape index (κ1) is 26.3. The van der Waals surface area contributed by atoms with Crippen LogP contribution in [0.1, 0.15) is 20.7 Å². The van der Waals surface area contributed by atoms with Crippen molar-refractivity contribution < 1.29 is 19.1 Å². The molecule has 0 amide bonds. The molecular weight excluding hydrogens is 500 g/mol. The van der Waals surface area contributed by atoms with Crippen LogP contribution in [0.3, 0.4) is 0 Å². The van der Waals surface area contributed by atoms with Crippen LogP contribution in [0.15, 0.2) is 133 Å². The third-order valence-electron chi connectivity index (χ3n) is 6.46. The Morgan fingerprint density at radius 2 is 0.700 bits per heavy atom. The Labute approximate surface area is 233 Å². The number of hydrogen-bond donors (Lipinski definition) is 0. The molecule has 5 aromatic rings. The molecule has 198 valence electrons. The minimum atomic E-state index is -0.639. The summed E-state index contributed by atoms with van der Waals surface area (Å²) in [5.74, 6) is -1.28. The molecule has 0 radical (unpaired) electrons. The van der Waals surface area contributed by atoms with E-state index in [0.29, 0.717) is 11.4 Å². The van der Waals surface area contributed by atoms with Crippen LogP contribution >= 0.6 is 0 Å². The number of nitrogens with zero attached hydrogens (tertiary/aromatic N) is 2. The lowest BCUT2D eigenvalue weighted by Gasteiger charge is -2.34. The SMILES string of the molecule is COC(=O)c1cc(N(c2ccccc2)c2ccccc2)c(N(c2ccccc2)c2ccccc2)cc1C(=O)OC. The average Bonchev–Trinajstić information content (AvgIpc) is 3.03. The zero-order valence-electron chi connectivity index (χ0n) is 22.2. The van der Waals surface area contributed by atoms with Crippen molar-refractivity contribution in [3.63, 3.8) is 0 Å². The van der Waals surface area contributed by atoms with Crippen LogP contribution in [-0.2, 0) is 9.47 Å². The quantitative estimate of drug-likeness (QED) is 0.189. The Hall–Kier alpha value is -5.36. The number of benzene rings is 5. The van der Waals surface area contributed by atoms with Crippen LogP contribution in [0, 0.1) is 0 Å². The first-order chi connectivity index (χ1) is 19.6. The number of anilines is 6. The van der Waals surface area contributed by atoms with Gasteiger partial charge in [-0.2, -0.15) is 0 Å². The zero-order chi connectivity index (χ0) is 27.9. The summed E-state index contributed by atoms with van der Waals surface area (Å²) in [4.78, 5) is 30.2. The number of carbonyl (C=O) groups excluding carboxylic acids is 2. The van der Waals surface area contributed by atoms with Crippen LogP contribution in [0.2, 0.25) is 0 Å². The standard InChI is InChI=1S/C34H28N2O4/c1-39-33(37)29-23-31(35(25-15-7-3-8-16-25)26-17-9-4-10-18-26)32(24-30(29)34(38)40-2)36(27-19-11-5-12-20-27)28-21-13-6-14-22-28/h3-24H,1-2H3. The molecule has 5 rings (SSSR count). The lowest BCUT2D eigenvalue weighted by Crippen LogP contribution is -2.20. The van der Waals surface area contributed by atoms with E-state index in [1.807, 2.05) is 121 Å². The topological polar surface area (TPSA) is 59.1 Å². The Morgan fingerprint density at radius 3 is 0.925 bits per heavy atom. The summed E-state index contributed by atoms with van der Waals surface area (Å²) >= 11 is 0. The van der Waals surface area contributed by atoms with Gasteiger partial charge in [-0.25, -0.2) is 9.59 Å². The first-order valence-corrected chi connectivity index (χ1v) is 12.8. The minimum Gasteiger partial charge on any atom is -0.465 e. The molecule has 0 atom stereocenters. The Balaban J connectivity index is 1.90. The number of methoxy groups -OCH3 is 2. The van der Waals surface area contributed by atoms with Crippen LogP contribution < -0.4 is 9.80 Å². The van der Waals surface area contributed by atoms with Gasteiger partial charge in [0, 0.05) is 22.7 Å². The monoisotopic (exact) mass is 528 g/mol. The molecule has 0 spiro atoms. The van der Waals surface area contributed by atoms with Gasteiger partial charge < -0.3 is 19.3 Å². The van der Waals surface area contributed by atoms with Crippen LogP contribution in [0.25, 0.3) is 0 Å². The smallest absolute Gasteiger partial charge is 0.338 e. The molecule has 0 bridgehead atoms. The summed E-state index contributed by atoms with van der Waals surface area (Å²) in [6, 6.07) is 42.9. The van der Waals surface area contributed by atoms with Gasteiger partial charge in [0.2, 0.25) is 0 Å². The Bertz CT molecular complexity index is 1390. The molecule has 0 saturated carbocycles. The van der Waals surface area contributed by atoms with Crippen molar-refractivity contribution in [1.29, 1.82) is 0 Å². The summed E-state index contributed by atoms with van der Waals surface area (Å²) in [5.41, 5.74) is 5.03. The molecule has 0 N–H and O–H groups in total. The average molecular weight is 529 g/mol. The van der Waals surface area contributed by atoms with E-state index >= 15 is 0 Å². The highest BCUT2D eigenvalue weighted by atomic mass is 16.5. The summed E-state index contributed by atoms with van der Waals surface area (Å²) in [7, 11) is 2.59. The maximum absolute atomic E-state index is 13.1. The van der Waals surface area contributed by atoms with Crippen LogP contribution in [0.4, 0.5) is 34.1 Å². The van der Waals surface area contributed by atoms with E-state index < -0.39 is 11.9 Å². The van der Waals surface area contributed by atoms with E-state index in [1.54, 1.807) is 12.1 Å². The number of esters is 2. The summed E-state index contributed by atoms with van der Waals surface area (Å²) in [6.07, 6.45) is 0. The van der Waals surface area contributed by atoms with E-state index in [1.165, 1.54) is 14.2 Å². The van der Waals surface area contributed by atoms with Crippen molar-refractivity contribution in [3.05, 3.63) is 145 Å². The second-order valence-corrected chi connectivity index (χ2v) is 8.88. The van der Waals surface area contributed by atoms with Crippen LogP contribution in [0.5, 0.6) is 0 Å². The molecule has 0 aliphatic carbocycles. The van der Waals surface area contributed by atoms with Gasteiger partial charge in [-0.15, -0.1) is 0 Å². The van der Waals surface area contributed by atoms with Crippen molar-refractivity contribution in [2.75, 3.05) is 24.0 Å². The predicted octanol–water partition coefficient (Wildman–Crippen LogP) is 8.20. The number of hydrogen-bond acceptors (Lipinski definition) is 6. The Kier molecular flexibility index (Phi) is 7.88. The second kappa shape index (κ2) is 12.0. The van der Waals surface area contributed by atoms with E-state index in [-0.39, 0.29) is 11.1 Å². The van der Waals surface area contributed by atoms with E-state index in [9.17, 15) is 9.59 Å². The van der Waals surface area contributed by atoms with Gasteiger partial charge in [0.15, 0.2) is 0 Å². The zero-order valence-corrected chi connectivity index (χ0v) is 22.2. The van der Waals surface area contributed by atoms with E-state index in [4.69, 9.17) is 9.47 Å². The summed E-state index contributed by atoms with van der Waals surface area (Å²) in [5, 5.41) is 0. The van der Waals surface area contributed by atoms with Gasteiger partial charge in [0.1, 0.15) is 0 Å². The lowest BCUT2D eigenvalue weighted by molar-refractivity contribution is 0.0555. The van der Waals surface area contributed by atoms with Gasteiger partial charge >= 0.3 is 11.9 Å². The number of ether oxygens (including phenoxy) is 2. The fraction of sp³-hybridized carbons (Fsp3) is 0.0588. The molecule has 40 heavy (non-hydrogen) atoms. The number of para-hydroxylation sites is 4. The minimum absolute atomic E-state index is 0.103. The molecule has 0 unspecified atom stereocenters. The van der Waals surface area contributed by atoms with Crippen LogP contribution in [-0.4, -0.2) is 26.2 Å². The van der Waals surface area contributed by atoms with Gasteiger partial charge in [-0.05, 0) is 60.7 Å². The molecule has 6 heteroatoms. The first-order valence-electron chi connectivity index (χ1n) is 12.8. The maximum atomic E-state index is 13.1. The molecular formula is C34H28N2O4. The molecule has 0 aliphatic rings. The third-order valence-corrected chi connectivity index (χ3v) is 6.46. The molecule has 0 aliphatic heterocycles. The van der Waals surface area contributed by atoms with Crippen molar-refractivity contribution in [2.24, 2.45) is 0 Å². The van der Waals surface area contributed by atoms with Crippen molar-refractivity contribution in [2.45, 2.75) is 0 Å². The predicted molar refractivity (Wildman–Crippen MR) is 158 cm³/mol. The van der Waals surface area contributed by atoms with Crippen molar-refractivity contribution in [3.8, 4) is 0 Å². The maximum Gasteiger partial charge on any atom is 0.338 e. The van der Waals surface area contributed by atoms with Gasteiger partial charge in [0.25, 0.3) is 0 Å². The van der Waals surface area contributed by atoms with Crippen molar-refractivity contribution >= 4 is 46.1 Å². The largest absolute Gasteiger partial charge is 0.465 e. The van der Waals surface area contributed by atoms with E-state index in [2.05, 4.69) is 9.80 Å². The van der Waals surface area contributed by atoms with Crippen molar-refractivity contribution in [1.82, 2.24) is 0 Å². The molecule has 6 nitrogen and oxygen atoms in total. The fourth-order valence-corrected chi connectivity index (χ4v) is 4.66. The summed E-state index contributed by atoms with van der Waals surface area (Å²) in [6.45, 7) is 0. The molecule has 0 fully saturated rings. The molecule has 0 aromatic heterocycles. The molecule has 0 heterocycles. The van der Waals surface area contributed by atoms with E-state index in [0.717, 1.165) is 22.7 Å². The molecule has 0 saturated heterocycles. The molecule has 5 aromatic carbocycles. The summed E-state index contributed by atoms with van der Waals surface area (Å²) < 4.78 is 10.2. The highest BCUT2D eigenvalue weighted by molar-refractivity contribution is 6.07. The lowest BCUT2D eigenvalue weighted by atomic mass is 10.0. The van der Waals surface area contributed by atoms with Gasteiger partial charge in [0.05, 0.1) is 36.7 Å². The van der Waals surface area contributed by atoms with Gasteiger partial charge in [-0.1, -0.05) is 72.8 Å². The highest BCUT2D eigenvalue weighted by Gasteiger charge is 2.28. The Morgan fingerprint density at radius 1 is 0.450 bits per heavy atom. The normalized spacial score (nSPS) is 10.4. The fourth-order valence-electron chi connectivity index (χ4n) is 4.66. The highest BCUT2D eigenvalue weighted by Crippen LogP contribution is 2.46. The third kappa shape index (κ3) is 5.28. The number of rotatable bonds is 8.